The monoisotopic (exact) mass is 314 g/mol. The summed E-state index contributed by atoms with van der Waals surface area (Å²) in [6.07, 6.45) is 0. The minimum Gasteiger partial charge on any atom is -0.406 e. The predicted molar refractivity (Wildman–Crippen MR) is 80.6 cm³/mol. The van der Waals surface area contributed by atoms with E-state index in [1.807, 2.05) is 0 Å². The Balaban J connectivity index is 2.02. The number of hydrogen-bond acceptors (Lipinski definition) is 5. The van der Waals surface area contributed by atoms with Gasteiger partial charge in [0.25, 0.3) is 0 Å². The van der Waals surface area contributed by atoms with Gasteiger partial charge in [0, 0.05) is 21.3 Å². The third-order valence-corrected chi connectivity index (χ3v) is 2.79. The lowest BCUT2D eigenvalue weighted by molar-refractivity contribution is 0.384. The van der Waals surface area contributed by atoms with Gasteiger partial charge >= 0.3 is 6.01 Å². The Morgan fingerprint density at radius 3 is 2.35 bits per heavy atom. The van der Waals surface area contributed by atoms with Gasteiger partial charge in [0.15, 0.2) is 0 Å². The molecule has 0 spiro atoms. The first kappa shape index (κ1) is 15.1. The molecule has 0 radical (unpaired) electrons. The van der Waals surface area contributed by atoms with Gasteiger partial charge in [0.2, 0.25) is 5.89 Å². The summed E-state index contributed by atoms with van der Waals surface area (Å²) in [6.45, 7) is 6.71. The van der Waals surface area contributed by atoms with Crippen molar-refractivity contribution in [3.8, 4) is 0 Å². The molecule has 0 saturated carbocycles. The first-order valence-electron chi connectivity index (χ1n) is 6.12. The fourth-order valence-corrected chi connectivity index (χ4v) is 1.99. The van der Waals surface area contributed by atoms with Crippen LogP contribution in [0, 0.1) is 0 Å². The normalized spacial score (nSPS) is 11.7. The van der Waals surface area contributed by atoms with E-state index in [1.165, 1.54) is 0 Å². The second kappa shape index (κ2) is 5.99. The van der Waals surface area contributed by atoms with Gasteiger partial charge in [-0.25, -0.2) is 0 Å². The summed E-state index contributed by atoms with van der Waals surface area (Å²) in [5.41, 5.74) is 0.684. The van der Waals surface area contributed by atoms with Crippen molar-refractivity contribution in [3.05, 3.63) is 34.1 Å². The van der Waals surface area contributed by atoms with Crippen LogP contribution in [0.15, 0.2) is 22.6 Å². The number of benzene rings is 1. The van der Waals surface area contributed by atoms with Crippen LogP contribution in [0.5, 0.6) is 0 Å². The maximum absolute atomic E-state index is 5.92. The summed E-state index contributed by atoms with van der Waals surface area (Å²) in [5, 5.41) is 15.2. The second-order valence-electron chi connectivity index (χ2n) is 5.39. The van der Waals surface area contributed by atoms with Crippen LogP contribution in [0.4, 0.5) is 11.7 Å². The molecule has 0 aliphatic carbocycles. The predicted octanol–water partition coefficient (Wildman–Crippen LogP) is 4.01. The lowest BCUT2D eigenvalue weighted by Crippen LogP contribution is -2.35. The molecule has 0 aliphatic heterocycles. The van der Waals surface area contributed by atoms with Crippen molar-refractivity contribution in [2.45, 2.75) is 32.9 Å². The van der Waals surface area contributed by atoms with Gasteiger partial charge in [0.1, 0.15) is 0 Å². The van der Waals surface area contributed by atoms with Crippen molar-refractivity contribution < 1.29 is 4.42 Å². The highest BCUT2D eigenvalue weighted by Gasteiger charge is 2.12. The third-order valence-electron chi connectivity index (χ3n) is 2.35. The van der Waals surface area contributed by atoms with Crippen molar-refractivity contribution in [3.63, 3.8) is 0 Å². The van der Waals surface area contributed by atoms with Crippen molar-refractivity contribution in [2.24, 2.45) is 0 Å². The number of aromatic nitrogens is 2. The highest BCUT2D eigenvalue weighted by Crippen LogP contribution is 2.24. The molecule has 7 heteroatoms. The first-order chi connectivity index (χ1) is 9.32. The molecule has 0 fully saturated rings. The van der Waals surface area contributed by atoms with E-state index in [1.54, 1.807) is 18.2 Å². The molecule has 1 heterocycles. The van der Waals surface area contributed by atoms with Gasteiger partial charge in [-0.2, -0.15) is 0 Å². The summed E-state index contributed by atoms with van der Waals surface area (Å²) < 4.78 is 5.48. The molecule has 0 unspecified atom stereocenters. The molecule has 0 atom stereocenters. The number of nitrogens with one attached hydrogen (secondary N) is 2. The van der Waals surface area contributed by atoms with Crippen LogP contribution in [-0.2, 0) is 6.54 Å². The largest absolute Gasteiger partial charge is 0.406 e. The van der Waals surface area contributed by atoms with Crippen LogP contribution < -0.4 is 10.6 Å². The molecule has 0 saturated heterocycles. The van der Waals surface area contributed by atoms with Gasteiger partial charge in [-0.3, -0.25) is 0 Å². The molecule has 0 aliphatic rings. The average molecular weight is 315 g/mol. The van der Waals surface area contributed by atoms with Crippen LogP contribution in [0.3, 0.4) is 0 Å². The fourth-order valence-electron chi connectivity index (χ4n) is 1.47. The molecule has 2 N–H and O–H groups in total. The van der Waals surface area contributed by atoms with Crippen LogP contribution in [-0.4, -0.2) is 15.7 Å². The van der Waals surface area contributed by atoms with E-state index in [2.05, 4.69) is 41.6 Å². The van der Waals surface area contributed by atoms with Gasteiger partial charge in [-0.1, -0.05) is 28.3 Å². The Morgan fingerprint density at radius 1 is 1.10 bits per heavy atom. The molecular weight excluding hydrogens is 299 g/mol. The molecule has 108 valence electrons. The molecule has 1 aromatic carbocycles. The quantitative estimate of drug-likeness (QED) is 0.892. The number of hydrogen-bond donors (Lipinski definition) is 2. The van der Waals surface area contributed by atoms with E-state index in [9.17, 15) is 0 Å². The van der Waals surface area contributed by atoms with E-state index >= 15 is 0 Å². The minimum atomic E-state index is -0.0114. The zero-order chi connectivity index (χ0) is 14.8. The van der Waals surface area contributed by atoms with E-state index in [-0.39, 0.29) is 5.54 Å². The Bertz CT molecular complexity index is 572. The first-order valence-corrected chi connectivity index (χ1v) is 6.88. The molecule has 20 heavy (non-hydrogen) atoms. The van der Waals surface area contributed by atoms with Gasteiger partial charge in [-0.15, -0.1) is 5.10 Å². The van der Waals surface area contributed by atoms with Gasteiger partial charge < -0.3 is 15.1 Å². The molecule has 1 aromatic heterocycles. The number of rotatable bonds is 4. The summed E-state index contributed by atoms with van der Waals surface area (Å²) >= 11 is 11.8. The average Bonchev–Trinajstić information content (AvgIpc) is 2.72. The number of anilines is 2. The molecule has 5 nitrogen and oxygen atoms in total. The summed E-state index contributed by atoms with van der Waals surface area (Å²) in [4.78, 5) is 0. The van der Waals surface area contributed by atoms with Crippen LogP contribution in [0.2, 0.25) is 10.0 Å². The van der Waals surface area contributed by atoms with E-state index in [0.29, 0.717) is 34.2 Å². The zero-order valence-electron chi connectivity index (χ0n) is 11.5. The van der Waals surface area contributed by atoms with Gasteiger partial charge in [-0.05, 0) is 39.0 Å². The van der Waals surface area contributed by atoms with E-state index < -0.39 is 0 Å². The zero-order valence-corrected chi connectivity index (χ0v) is 13.0. The molecule has 0 amide bonds. The molecular formula is C13H16Cl2N4O. The van der Waals surface area contributed by atoms with E-state index in [0.717, 1.165) is 0 Å². The highest BCUT2D eigenvalue weighted by atomic mass is 35.5. The maximum Gasteiger partial charge on any atom is 0.320 e. The second-order valence-corrected chi connectivity index (χ2v) is 6.26. The minimum absolute atomic E-state index is 0.0114. The van der Waals surface area contributed by atoms with Crippen LogP contribution in [0.1, 0.15) is 26.7 Å². The number of nitrogens with zero attached hydrogens (tertiary/aromatic N) is 2. The van der Waals surface area contributed by atoms with Crippen LogP contribution in [0.25, 0.3) is 0 Å². The van der Waals surface area contributed by atoms with Crippen molar-refractivity contribution >= 4 is 34.9 Å². The Labute approximate surface area is 127 Å². The van der Waals surface area contributed by atoms with Gasteiger partial charge in [0.05, 0.1) is 6.54 Å². The summed E-state index contributed by atoms with van der Waals surface area (Å²) in [5.74, 6) is 0.510. The number of halogens is 2. The summed E-state index contributed by atoms with van der Waals surface area (Å²) in [6, 6.07) is 5.41. The topological polar surface area (TPSA) is 63.0 Å². The maximum atomic E-state index is 5.92. The Kier molecular flexibility index (Phi) is 4.52. The fraction of sp³-hybridized carbons (Fsp3) is 0.385. The molecule has 2 rings (SSSR count). The third kappa shape index (κ3) is 4.67. The highest BCUT2D eigenvalue weighted by molar-refractivity contribution is 6.35. The van der Waals surface area contributed by atoms with Crippen LogP contribution >= 0.6 is 23.2 Å². The Hall–Kier alpha value is -1.30. The van der Waals surface area contributed by atoms with Crippen molar-refractivity contribution in [1.82, 2.24) is 15.5 Å². The standard InChI is InChI=1S/C13H16Cl2N4O/c1-13(2,3)16-7-11-18-19-12(20-11)17-10-5-8(14)4-9(15)6-10/h4-6,16H,7H2,1-3H3,(H,17,19). The van der Waals surface area contributed by atoms with Crippen molar-refractivity contribution in [1.29, 1.82) is 0 Å². The lowest BCUT2D eigenvalue weighted by Gasteiger charge is -2.18. The molecule has 2 aromatic rings. The van der Waals surface area contributed by atoms with Crippen molar-refractivity contribution in [2.75, 3.05) is 5.32 Å². The lowest BCUT2D eigenvalue weighted by atomic mass is 10.1. The summed E-state index contributed by atoms with van der Waals surface area (Å²) in [7, 11) is 0. The van der Waals surface area contributed by atoms with E-state index in [4.69, 9.17) is 27.6 Å². The SMILES string of the molecule is CC(C)(C)NCc1nnc(Nc2cc(Cl)cc(Cl)c2)o1. The Morgan fingerprint density at radius 2 is 1.75 bits per heavy atom. The molecule has 0 bridgehead atoms. The smallest absolute Gasteiger partial charge is 0.320 e.